The Morgan fingerprint density at radius 2 is 1.95 bits per heavy atom. The van der Waals surface area contributed by atoms with Gasteiger partial charge in [0.2, 0.25) is 18.2 Å². The average molecular weight is 328 g/mol. The van der Waals surface area contributed by atoms with Crippen molar-refractivity contribution in [1.82, 2.24) is 9.80 Å². The summed E-state index contributed by atoms with van der Waals surface area (Å²) in [5, 5.41) is 2.39. The Bertz CT molecular complexity index is 589. The van der Waals surface area contributed by atoms with Crippen LogP contribution in [0, 0.1) is 5.82 Å². The number of carbonyl (C=O) groups excluding carboxylic acids is 3. The molecule has 1 aromatic rings. The van der Waals surface area contributed by atoms with Crippen molar-refractivity contribution in [2.45, 2.75) is 6.42 Å². The van der Waals surface area contributed by atoms with Gasteiger partial charge in [-0.2, -0.15) is 0 Å². The van der Waals surface area contributed by atoms with E-state index in [0.717, 1.165) is 12.5 Å². The molecule has 1 aromatic carbocycles. The van der Waals surface area contributed by atoms with E-state index >= 15 is 0 Å². The van der Waals surface area contributed by atoms with Gasteiger partial charge in [0, 0.05) is 31.9 Å². The van der Waals surface area contributed by atoms with E-state index in [9.17, 15) is 18.8 Å². The summed E-state index contributed by atoms with van der Waals surface area (Å²) < 4.78 is 13.0. The number of anilines is 1. The van der Waals surface area contributed by atoms with Crippen molar-refractivity contribution in [2.75, 3.05) is 31.5 Å². The van der Waals surface area contributed by atoms with Crippen LogP contribution in [0.25, 0.3) is 0 Å². The normalized spacial score (nSPS) is 14.6. The van der Waals surface area contributed by atoms with Gasteiger partial charge in [0.15, 0.2) is 0 Å². The zero-order valence-corrected chi connectivity index (χ0v) is 12.5. The second kappa shape index (κ2) is 7.22. The number of nitrogens with zero attached hydrogens (tertiary/aromatic N) is 2. The molecule has 1 saturated heterocycles. The maximum absolute atomic E-state index is 13.0. The molecule has 0 saturated carbocycles. The summed E-state index contributed by atoms with van der Waals surface area (Å²) in [6, 6.07) is 3.78. The van der Waals surface area contributed by atoms with Crippen LogP contribution < -0.4 is 5.32 Å². The third kappa shape index (κ3) is 4.17. The summed E-state index contributed by atoms with van der Waals surface area (Å²) in [5.41, 5.74) is 0.329. The molecule has 0 unspecified atom stereocenters. The van der Waals surface area contributed by atoms with E-state index < -0.39 is 11.7 Å². The van der Waals surface area contributed by atoms with Crippen LogP contribution in [0.1, 0.15) is 6.42 Å². The van der Waals surface area contributed by atoms with Crippen molar-refractivity contribution in [3.8, 4) is 0 Å². The number of benzene rings is 1. The monoisotopic (exact) mass is 327 g/mol. The first kappa shape index (κ1) is 16.2. The van der Waals surface area contributed by atoms with Gasteiger partial charge in [-0.3, -0.25) is 14.4 Å². The third-order valence-electron chi connectivity index (χ3n) is 3.33. The summed E-state index contributed by atoms with van der Waals surface area (Å²) in [6.45, 7) is 1.75. The van der Waals surface area contributed by atoms with Crippen LogP contribution >= 0.6 is 11.6 Å². The van der Waals surface area contributed by atoms with Crippen LogP contribution in [0.5, 0.6) is 0 Å². The lowest BCUT2D eigenvalue weighted by atomic mass is 10.2. The van der Waals surface area contributed by atoms with E-state index in [4.69, 9.17) is 11.6 Å². The molecule has 6 nitrogen and oxygen atoms in total. The minimum Gasteiger partial charge on any atom is -0.342 e. The smallest absolute Gasteiger partial charge is 0.233 e. The first-order chi connectivity index (χ1) is 10.5. The molecule has 0 atom stereocenters. The molecule has 3 amide bonds. The summed E-state index contributed by atoms with van der Waals surface area (Å²) in [6.07, 6.45) is 0.433. The number of hydrogen-bond acceptors (Lipinski definition) is 3. The van der Waals surface area contributed by atoms with Crippen molar-refractivity contribution in [3.05, 3.63) is 29.0 Å². The number of amides is 3. The Morgan fingerprint density at radius 3 is 2.55 bits per heavy atom. The Labute approximate surface area is 131 Å². The van der Waals surface area contributed by atoms with Crippen LogP contribution in [-0.4, -0.2) is 54.2 Å². The van der Waals surface area contributed by atoms with Gasteiger partial charge in [0.25, 0.3) is 0 Å². The van der Waals surface area contributed by atoms with Gasteiger partial charge in [-0.1, -0.05) is 11.6 Å². The minimum absolute atomic E-state index is 0.103. The molecular weight excluding hydrogens is 313 g/mol. The Kier molecular flexibility index (Phi) is 5.32. The number of halogens is 2. The van der Waals surface area contributed by atoms with Gasteiger partial charge < -0.3 is 15.1 Å². The highest BCUT2D eigenvalue weighted by Gasteiger charge is 2.22. The first-order valence-electron chi connectivity index (χ1n) is 6.71. The van der Waals surface area contributed by atoms with Gasteiger partial charge >= 0.3 is 0 Å². The van der Waals surface area contributed by atoms with Crippen molar-refractivity contribution in [3.63, 3.8) is 0 Å². The fourth-order valence-electron chi connectivity index (χ4n) is 2.10. The van der Waals surface area contributed by atoms with Crippen molar-refractivity contribution >= 4 is 35.5 Å². The van der Waals surface area contributed by atoms with Crippen LogP contribution in [0.15, 0.2) is 18.2 Å². The fraction of sp³-hybridized carbons (Fsp3) is 0.357. The Hall–Kier alpha value is -2.15. The summed E-state index contributed by atoms with van der Waals surface area (Å²) >= 11 is 5.62. The SMILES string of the molecule is O=CN1CCN(C(=O)CC(=O)Nc2ccc(F)c(Cl)c2)CC1. The fourth-order valence-corrected chi connectivity index (χ4v) is 2.29. The number of hydrogen-bond donors (Lipinski definition) is 1. The lowest BCUT2D eigenvalue weighted by Crippen LogP contribution is -2.48. The van der Waals surface area contributed by atoms with E-state index in [1.54, 1.807) is 4.90 Å². The topological polar surface area (TPSA) is 69.7 Å². The molecule has 1 N–H and O–H groups in total. The summed E-state index contributed by atoms with van der Waals surface area (Å²) in [5.74, 6) is -1.38. The zero-order valence-electron chi connectivity index (χ0n) is 11.7. The molecule has 0 radical (unpaired) electrons. The Morgan fingerprint density at radius 1 is 1.27 bits per heavy atom. The van der Waals surface area contributed by atoms with Crippen LogP contribution in [0.3, 0.4) is 0 Å². The molecule has 0 spiro atoms. The van der Waals surface area contributed by atoms with Gasteiger partial charge in [-0.15, -0.1) is 0 Å². The van der Waals surface area contributed by atoms with Crippen molar-refractivity contribution in [2.24, 2.45) is 0 Å². The summed E-state index contributed by atoms with van der Waals surface area (Å²) in [7, 11) is 0. The quantitative estimate of drug-likeness (QED) is 0.665. The predicted octanol–water partition coefficient (Wildman–Crippen LogP) is 1.11. The zero-order chi connectivity index (χ0) is 16.1. The van der Waals surface area contributed by atoms with Crippen LogP contribution in [-0.2, 0) is 14.4 Å². The Balaban J connectivity index is 1.85. The lowest BCUT2D eigenvalue weighted by molar-refractivity contribution is -0.137. The number of rotatable bonds is 4. The highest BCUT2D eigenvalue weighted by Crippen LogP contribution is 2.19. The number of piperazine rings is 1. The minimum atomic E-state index is -0.580. The first-order valence-corrected chi connectivity index (χ1v) is 7.09. The molecule has 1 fully saturated rings. The van der Waals surface area contributed by atoms with E-state index in [1.165, 1.54) is 17.0 Å². The molecule has 1 aliphatic rings. The van der Waals surface area contributed by atoms with Gasteiger partial charge in [0.05, 0.1) is 5.02 Å². The second-order valence-electron chi connectivity index (χ2n) is 4.88. The highest BCUT2D eigenvalue weighted by atomic mass is 35.5. The maximum Gasteiger partial charge on any atom is 0.233 e. The molecule has 0 aromatic heterocycles. The molecular formula is C14H15ClFN3O3. The molecule has 1 aliphatic heterocycles. The molecule has 1 heterocycles. The van der Waals surface area contributed by atoms with E-state index in [1.807, 2.05) is 0 Å². The van der Waals surface area contributed by atoms with Crippen LogP contribution in [0.2, 0.25) is 5.02 Å². The van der Waals surface area contributed by atoms with Gasteiger partial charge in [-0.25, -0.2) is 4.39 Å². The van der Waals surface area contributed by atoms with Crippen LogP contribution in [0.4, 0.5) is 10.1 Å². The largest absolute Gasteiger partial charge is 0.342 e. The molecule has 118 valence electrons. The molecule has 22 heavy (non-hydrogen) atoms. The van der Waals surface area contributed by atoms with E-state index in [2.05, 4.69) is 5.32 Å². The van der Waals surface area contributed by atoms with E-state index in [-0.39, 0.29) is 17.4 Å². The molecule has 8 heteroatoms. The molecule has 2 rings (SSSR count). The van der Waals surface area contributed by atoms with E-state index in [0.29, 0.717) is 31.9 Å². The molecule has 0 bridgehead atoms. The predicted molar refractivity (Wildman–Crippen MR) is 78.9 cm³/mol. The maximum atomic E-state index is 13.0. The number of carbonyl (C=O) groups is 3. The highest BCUT2D eigenvalue weighted by molar-refractivity contribution is 6.31. The standard InChI is InChI=1S/C14H15ClFN3O3/c15-11-7-10(1-2-12(11)16)17-13(21)8-14(22)19-5-3-18(9-20)4-6-19/h1-2,7,9H,3-6,8H2,(H,17,21). The van der Waals surface area contributed by atoms with Gasteiger partial charge in [-0.05, 0) is 18.2 Å². The average Bonchev–Trinajstić information content (AvgIpc) is 2.51. The molecule has 0 aliphatic carbocycles. The number of nitrogens with one attached hydrogen (secondary N) is 1. The lowest BCUT2D eigenvalue weighted by Gasteiger charge is -2.32. The van der Waals surface area contributed by atoms with Crippen molar-refractivity contribution < 1.29 is 18.8 Å². The summed E-state index contributed by atoms with van der Waals surface area (Å²) in [4.78, 5) is 37.5. The third-order valence-corrected chi connectivity index (χ3v) is 3.62. The second-order valence-corrected chi connectivity index (χ2v) is 5.28. The van der Waals surface area contributed by atoms with Gasteiger partial charge in [0.1, 0.15) is 12.2 Å². The van der Waals surface area contributed by atoms with Crippen molar-refractivity contribution in [1.29, 1.82) is 0 Å².